The van der Waals surface area contributed by atoms with E-state index in [-0.39, 0.29) is 18.3 Å². The van der Waals surface area contributed by atoms with Crippen LogP contribution in [0.3, 0.4) is 0 Å². The monoisotopic (exact) mass is 415 g/mol. The summed E-state index contributed by atoms with van der Waals surface area (Å²) >= 11 is 3.39. The minimum absolute atomic E-state index is 0.0191. The Balaban J connectivity index is 1.49. The first-order valence-electron chi connectivity index (χ1n) is 7.77. The van der Waals surface area contributed by atoms with Crippen molar-refractivity contribution in [2.45, 2.75) is 0 Å². The summed E-state index contributed by atoms with van der Waals surface area (Å²) in [6, 6.07) is 17.1. The van der Waals surface area contributed by atoms with Gasteiger partial charge in [0.05, 0.1) is 12.8 Å². The van der Waals surface area contributed by atoms with Gasteiger partial charge in [-0.05, 0) is 48.5 Å². The lowest BCUT2D eigenvalue weighted by Gasteiger charge is -2.04. The molecule has 132 valence electrons. The molecule has 5 nitrogen and oxygen atoms in total. The van der Waals surface area contributed by atoms with Gasteiger partial charge in [0.2, 0.25) is 0 Å². The Kier molecular flexibility index (Phi) is 5.80. The number of carbonyl (C=O) groups excluding carboxylic acids is 1. The Hall–Kier alpha value is -2.93. The summed E-state index contributed by atoms with van der Waals surface area (Å²) in [6.07, 6.45) is 1.43. The molecule has 26 heavy (non-hydrogen) atoms. The molecule has 3 rings (SSSR count). The molecule has 0 saturated carbocycles. The number of benzene rings is 2. The van der Waals surface area contributed by atoms with Crippen LogP contribution in [0.2, 0.25) is 0 Å². The van der Waals surface area contributed by atoms with Crippen LogP contribution >= 0.6 is 15.9 Å². The Morgan fingerprint density at radius 2 is 1.81 bits per heavy atom. The average molecular weight is 416 g/mol. The van der Waals surface area contributed by atoms with Crippen molar-refractivity contribution in [1.29, 1.82) is 0 Å². The standard InChI is InChI=1S/C19H15BrFN3O2/c20-14-3-1-13(2-4-14)18-10-9-17(26-18)11-23-24-19(25)12-22-16-7-5-15(21)6-8-16/h1-11,22H,12H2,(H,24,25)/b23-11-. The molecular formula is C19H15BrFN3O2. The third-order valence-corrected chi connectivity index (χ3v) is 3.96. The molecule has 2 aromatic carbocycles. The van der Waals surface area contributed by atoms with Gasteiger partial charge in [-0.3, -0.25) is 4.79 Å². The third-order valence-electron chi connectivity index (χ3n) is 3.43. The fourth-order valence-electron chi connectivity index (χ4n) is 2.15. The molecule has 1 amide bonds. The quantitative estimate of drug-likeness (QED) is 0.462. The van der Waals surface area contributed by atoms with E-state index in [2.05, 4.69) is 31.8 Å². The van der Waals surface area contributed by atoms with Gasteiger partial charge in [0.25, 0.3) is 5.91 Å². The number of hydrogen-bond acceptors (Lipinski definition) is 4. The van der Waals surface area contributed by atoms with Crippen LogP contribution in [0, 0.1) is 5.82 Å². The molecule has 0 atom stereocenters. The van der Waals surface area contributed by atoms with Gasteiger partial charge in [-0.2, -0.15) is 5.10 Å². The normalized spacial score (nSPS) is 10.8. The molecule has 0 aliphatic carbocycles. The summed E-state index contributed by atoms with van der Waals surface area (Å²) in [4.78, 5) is 11.7. The average Bonchev–Trinajstić information content (AvgIpc) is 3.11. The highest BCUT2D eigenvalue weighted by Crippen LogP contribution is 2.23. The fraction of sp³-hybridized carbons (Fsp3) is 0.0526. The first-order chi connectivity index (χ1) is 12.6. The first kappa shape index (κ1) is 17.9. The lowest BCUT2D eigenvalue weighted by Crippen LogP contribution is -2.25. The van der Waals surface area contributed by atoms with Crippen LogP contribution in [-0.2, 0) is 4.79 Å². The molecule has 0 aliphatic heterocycles. The van der Waals surface area contributed by atoms with E-state index in [1.165, 1.54) is 18.3 Å². The minimum atomic E-state index is -0.328. The molecule has 0 radical (unpaired) electrons. The maximum Gasteiger partial charge on any atom is 0.259 e. The zero-order chi connectivity index (χ0) is 18.4. The van der Waals surface area contributed by atoms with E-state index >= 15 is 0 Å². The molecule has 1 aromatic heterocycles. The number of halogens is 2. The maximum atomic E-state index is 12.8. The van der Waals surface area contributed by atoms with Crippen molar-refractivity contribution in [3.63, 3.8) is 0 Å². The Labute approximate surface area is 158 Å². The van der Waals surface area contributed by atoms with Gasteiger partial charge in [0.1, 0.15) is 17.3 Å². The molecular weight excluding hydrogens is 401 g/mol. The van der Waals surface area contributed by atoms with E-state index in [1.807, 2.05) is 30.3 Å². The van der Waals surface area contributed by atoms with Crippen molar-refractivity contribution in [2.24, 2.45) is 5.10 Å². The zero-order valence-corrected chi connectivity index (χ0v) is 15.2. The van der Waals surface area contributed by atoms with Gasteiger partial charge >= 0.3 is 0 Å². The highest BCUT2D eigenvalue weighted by atomic mass is 79.9. The molecule has 0 unspecified atom stereocenters. The number of furan rings is 1. The fourth-order valence-corrected chi connectivity index (χ4v) is 2.41. The number of nitrogens with one attached hydrogen (secondary N) is 2. The summed E-state index contributed by atoms with van der Waals surface area (Å²) < 4.78 is 19.5. The SMILES string of the molecule is O=C(CNc1ccc(F)cc1)N/N=C\c1ccc(-c2ccc(Br)cc2)o1. The van der Waals surface area contributed by atoms with Crippen LogP contribution in [0.5, 0.6) is 0 Å². The van der Waals surface area contributed by atoms with Crippen molar-refractivity contribution in [3.05, 3.63) is 76.7 Å². The molecule has 3 aromatic rings. The number of amides is 1. The van der Waals surface area contributed by atoms with E-state index in [0.29, 0.717) is 17.2 Å². The largest absolute Gasteiger partial charge is 0.455 e. The molecule has 0 bridgehead atoms. The van der Waals surface area contributed by atoms with Gasteiger partial charge in [-0.15, -0.1) is 0 Å². The summed E-state index contributed by atoms with van der Waals surface area (Å²) in [5.41, 5.74) is 3.99. The third kappa shape index (κ3) is 5.03. The second-order valence-corrected chi connectivity index (χ2v) is 6.28. The molecule has 0 spiro atoms. The number of carbonyl (C=O) groups is 1. The molecule has 0 fully saturated rings. The summed E-state index contributed by atoms with van der Waals surface area (Å²) in [6.45, 7) is 0.0191. The summed E-state index contributed by atoms with van der Waals surface area (Å²) in [7, 11) is 0. The van der Waals surface area contributed by atoms with Gasteiger partial charge < -0.3 is 9.73 Å². The maximum absolute atomic E-state index is 12.8. The van der Waals surface area contributed by atoms with E-state index in [0.717, 1.165) is 10.0 Å². The number of hydrazone groups is 1. The Morgan fingerprint density at radius 1 is 1.08 bits per heavy atom. The Morgan fingerprint density at radius 3 is 2.54 bits per heavy atom. The predicted octanol–water partition coefficient (Wildman–Crippen LogP) is 4.41. The van der Waals surface area contributed by atoms with Gasteiger partial charge in [-0.25, -0.2) is 9.82 Å². The molecule has 2 N–H and O–H groups in total. The molecule has 7 heteroatoms. The van der Waals surface area contributed by atoms with Crippen LogP contribution in [-0.4, -0.2) is 18.7 Å². The second kappa shape index (κ2) is 8.44. The van der Waals surface area contributed by atoms with Crippen LogP contribution in [0.4, 0.5) is 10.1 Å². The van der Waals surface area contributed by atoms with Gasteiger partial charge in [0, 0.05) is 15.7 Å². The van der Waals surface area contributed by atoms with Crippen molar-refractivity contribution in [1.82, 2.24) is 5.43 Å². The Bertz CT molecular complexity index is 905. The number of hydrogen-bond donors (Lipinski definition) is 2. The lowest BCUT2D eigenvalue weighted by atomic mass is 10.2. The van der Waals surface area contributed by atoms with Crippen molar-refractivity contribution in [2.75, 3.05) is 11.9 Å². The number of anilines is 1. The summed E-state index contributed by atoms with van der Waals surface area (Å²) in [5.74, 6) is 0.578. The number of rotatable bonds is 6. The van der Waals surface area contributed by atoms with E-state index in [9.17, 15) is 9.18 Å². The topological polar surface area (TPSA) is 66.6 Å². The number of nitrogens with zero attached hydrogens (tertiary/aromatic N) is 1. The zero-order valence-electron chi connectivity index (χ0n) is 13.6. The predicted molar refractivity (Wildman–Crippen MR) is 102 cm³/mol. The van der Waals surface area contributed by atoms with E-state index in [1.54, 1.807) is 18.2 Å². The van der Waals surface area contributed by atoms with Crippen molar-refractivity contribution in [3.8, 4) is 11.3 Å². The minimum Gasteiger partial charge on any atom is -0.455 e. The summed E-state index contributed by atoms with van der Waals surface area (Å²) in [5, 5.41) is 6.73. The van der Waals surface area contributed by atoms with Crippen LogP contribution in [0.25, 0.3) is 11.3 Å². The van der Waals surface area contributed by atoms with Crippen molar-refractivity contribution < 1.29 is 13.6 Å². The van der Waals surface area contributed by atoms with Crippen LogP contribution in [0.1, 0.15) is 5.76 Å². The smallest absolute Gasteiger partial charge is 0.259 e. The van der Waals surface area contributed by atoms with E-state index in [4.69, 9.17) is 4.42 Å². The first-order valence-corrected chi connectivity index (χ1v) is 8.56. The molecule has 0 aliphatic rings. The lowest BCUT2D eigenvalue weighted by molar-refractivity contribution is -0.119. The van der Waals surface area contributed by atoms with Crippen molar-refractivity contribution >= 4 is 33.7 Å². The molecule has 0 saturated heterocycles. The highest BCUT2D eigenvalue weighted by Gasteiger charge is 2.04. The van der Waals surface area contributed by atoms with Gasteiger partial charge in [0.15, 0.2) is 0 Å². The van der Waals surface area contributed by atoms with Gasteiger partial charge in [-0.1, -0.05) is 28.1 Å². The highest BCUT2D eigenvalue weighted by molar-refractivity contribution is 9.10. The van der Waals surface area contributed by atoms with E-state index < -0.39 is 0 Å². The second-order valence-electron chi connectivity index (χ2n) is 5.36. The van der Waals surface area contributed by atoms with Crippen LogP contribution in [0.15, 0.2) is 74.7 Å². The van der Waals surface area contributed by atoms with Crippen LogP contribution < -0.4 is 10.7 Å². The molecule has 1 heterocycles.